The number of nitrogens with zero attached hydrogens (tertiary/aromatic N) is 1. The molecule has 0 aliphatic heterocycles. The minimum absolute atomic E-state index is 0.178. The Morgan fingerprint density at radius 1 is 1.29 bits per heavy atom. The molecule has 0 aromatic heterocycles. The SMILES string of the molecule is CCOP(=O)(CC(=S)N(C)C)OCC. The van der Waals surface area contributed by atoms with Crippen LogP contribution in [0.5, 0.6) is 0 Å². The maximum Gasteiger partial charge on any atom is 0.337 e. The summed E-state index contributed by atoms with van der Waals surface area (Å²) in [6.07, 6.45) is 0.178. The van der Waals surface area contributed by atoms with E-state index in [9.17, 15) is 4.57 Å². The summed E-state index contributed by atoms with van der Waals surface area (Å²) in [4.78, 5) is 2.32. The molecule has 0 aromatic carbocycles. The topological polar surface area (TPSA) is 38.8 Å². The molecule has 0 aliphatic carbocycles. The van der Waals surface area contributed by atoms with Gasteiger partial charge < -0.3 is 13.9 Å². The van der Waals surface area contributed by atoms with E-state index in [-0.39, 0.29) is 6.16 Å². The van der Waals surface area contributed by atoms with Gasteiger partial charge in [-0.2, -0.15) is 0 Å². The Bertz CT molecular complexity index is 223. The van der Waals surface area contributed by atoms with E-state index < -0.39 is 7.60 Å². The van der Waals surface area contributed by atoms with Crippen molar-refractivity contribution in [3.8, 4) is 0 Å². The van der Waals surface area contributed by atoms with Gasteiger partial charge in [0.25, 0.3) is 0 Å². The van der Waals surface area contributed by atoms with Crippen molar-refractivity contribution in [1.82, 2.24) is 4.90 Å². The Morgan fingerprint density at radius 2 is 1.71 bits per heavy atom. The minimum Gasteiger partial charge on any atom is -0.372 e. The fourth-order valence-electron chi connectivity index (χ4n) is 0.829. The predicted octanol–water partition coefficient (Wildman–Crippen LogP) is 2.14. The zero-order valence-electron chi connectivity index (χ0n) is 9.15. The summed E-state index contributed by atoms with van der Waals surface area (Å²) in [5, 5.41) is 0. The highest BCUT2D eigenvalue weighted by atomic mass is 32.1. The number of hydrogen-bond donors (Lipinski definition) is 0. The van der Waals surface area contributed by atoms with E-state index in [1.165, 1.54) is 0 Å². The van der Waals surface area contributed by atoms with Crippen LogP contribution in [0.1, 0.15) is 13.8 Å². The highest BCUT2D eigenvalue weighted by molar-refractivity contribution is 7.81. The highest BCUT2D eigenvalue weighted by Crippen LogP contribution is 2.47. The van der Waals surface area contributed by atoms with E-state index in [2.05, 4.69) is 0 Å². The van der Waals surface area contributed by atoms with Crippen molar-refractivity contribution < 1.29 is 13.6 Å². The van der Waals surface area contributed by atoms with Gasteiger partial charge in [0, 0.05) is 14.1 Å². The lowest BCUT2D eigenvalue weighted by atomic mass is 10.7. The third-order valence-corrected chi connectivity index (χ3v) is 4.19. The van der Waals surface area contributed by atoms with Gasteiger partial charge in [0.2, 0.25) is 0 Å². The molecule has 4 nitrogen and oxygen atoms in total. The van der Waals surface area contributed by atoms with Crippen molar-refractivity contribution in [2.45, 2.75) is 13.8 Å². The smallest absolute Gasteiger partial charge is 0.337 e. The van der Waals surface area contributed by atoms with E-state index in [0.29, 0.717) is 18.2 Å². The molecule has 0 saturated heterocycles. The van der Waals surface area contributed by atoms with Crippen LogP contribution in [0, 0.1) is 0 Å². The third kappa shape index (κ3) is 5.05. The number of thiocarbonyl (C=S) groups is 1. The fraction of sp³-hybridized carbons (Fsp3) is 0.875. The Balaban J connectivity index is 4.36. The summed E-state index contributed by atoms with van der Waals surface area (Å²) < 4.78 is 22.2. The van der Waals surface area contributed by atoms with Crippen LogP contribution in [-0.4, -0.2) is 43.4 Å². The van der Waals surface area contributed by atoms with Crippen molar-refractivity contribution in [2.24, 2.45) is 0 Å². The van der Waals surface area contributed by atoms with E-state index >= 15 is 0 Å². The van der Waals surface area contributed by atoms with Crippen LogP contribution in [0.15, 0.2) is 0 Å². The highest BCUT2D eigenvalue weighted by Gasteiger charge is 2.25. The molecule has 0 heterocycles. The molecule has 0 unspecified atom stereocenters. The van der Waals surface area contributed by atoms with E-state index in [0.717, 1.165) is 0 Å². The third-order valence-electron chi connectivity index (χ3n) is 1.48. The normalized spacial score (nSPS) is 11.4. The minimum atomic E-state index is -3.01. The van der Waals surface area contributed by atoms with E-state index in [4.69, 9.17) is 21.3 Å². The van der Waals surface area contributed by atoms with Gasteiger partial charge in [-0.25, -0.2) is 0 Å². The standard InChI is InChI=1S/C8H18NO3PS/c1-5-11-13(10,12-6-2)7-8(14)9(3)4/h5-7H2,1-4H3. The Hall–Kier alpha value is 0.0400. The lowest BCUT2D eigenvalue weighted by Gasteiger charge is -2.20. The summed E-state index contributed by atoms with van der Waals surface area (Å²) in [5.74, 6) is 0. The van der Waals surface area contributed by atoms with Crippen molar-refractivity contribution in [2.75, 3.05) is 33.5 Å². The quantitative estimate of drug-likeness (QED) is 0.524. The molecule has 0 radical (unpaired) electrons. The van der Waals surface area contributed by atoms with Crippen LogP contribution in [-0.2, 0) is 13.6 Å². The molecule has 0 aliphatic rings. The summed E-state index contributed by atoms with van der Waals surface area (Å²) in [6.45, 7) is 4.30. The summed E-state index contributed by atoms with van der Waals surface area (Å²) in [7, 11) is 0.608. The molecule has 0 saturated carbocycles. The van der Waals surface area contributed by atoms with Gasteiger partial charge in [-0.1, -0.05) is 12.2 Å². The van der Waals surface area contributed by atoms with Crippen LogP contribution >= 0.6 is 19.8 Å². The van der Waals surface area contributed by atoms with Crippen LogP contribution in [0.2, 0.25) is 0 Å². The molecule has 0 bridgehead atoms. The maximum atomic E-state index is 12.0. The zero-order valence-corrected chi connectivity index (χ0v) is 10.9. The Morgan fingerprint density at radius 3 is 2.00 bits per heavy atom. The van der Waals surface area contributed by atoms with Gasteiger partial charge in [-0.3, -0.25) is 4.57 Å². The first-order chi connectivity index (χ1) is 6.45. The van der Waals surface area contributed by atoms with Crippen molar-refractivity contribution in [1.29, 1.82) is 0 Å². The summed E-state index contributed by atoms with van der Waals surface area (Å²) in [6, 6.07) is 0. The average Bonchev–Trinajstić information content (AvgIpc) is 2.04. The van der Waals surface area contributed by atoms with Crippen molar-refractivity contribution in [3.63, 3.8) is 0 Å². The van der Waals surface area contributed by atoms with Crippen molar-refractivity contribution >= 4 is 24.8 Å². The second kappa shape index (κ2) is 6.51. The van der Waals surface area contributed by atoms with Crippen molar-refractivity contribution in [3.05, 3.63) is 0 Å². The van der Waals surface area contributed by atoms with Crippen LogP contribution in [0.25, 0.3) is 0 Å². The number of rotatable bonds is 6. The van der Waals surface area contributed by atoms with Gasteiger partial charge in [-0.05, 0) is 13.8 Å². The molecule has 0 amide bonds. The summed E-state index contributed by atoms with van der Waals surface area (Å²) in [5.41, 5.74) is 0. The molecule has 0 N–H and O–H groups in total. The van der Waals surface area contributed by atoms with Gasteiger partial charge in [-0.15, -0.1) is 0 Å². The van der Waals surface area contributed by atoms with Gasteiger partial charge in [0.15, 0.2) is 0 Å². The molecule has 0 atom stereocenters. The fourth-order valence-corrected chi connectivity index (χ4v) is 2.96. The molecule has 14 heavy (non-hydrogen) atoms. The van der Waals surface area contributed by atoms with E-state index in [1.54, 1.807) is 18.7 Å². The number of hydrogen-bond acceptors (Lipinski definition) is 4. The van der Waals surface area contributed by atoms with Crippen LogP contribution in [0.4, 0.5) is 0 Å². The molecule has 6 heteroatoms. The molecule has 0 rings (SSSR count). The molecule has 0 spiro atoms. The first-order valence-corrected chi connectivity index (χ1v) is 6.67. The predicted molar refractivity (Wildman–Crippen MR) is 62.0 cm³/mol. The largest absolute Gasteiger partial charge is 0.372 e. The Labute approximate surface area is 91.1 Å². The monoisotopic (exact) mass is 239 g/mol. The van der Waals surface area contributed by atoms with Crippen LogP contribution < -0.4 is 0 Å². The maximum absolute atomic E-state index is 12.0. The second-order valence-electron chi connectivity index (χ2n) is 2.89. The first-order valence-electron chi connectivity index (χ1n) is 4.53. The van der Waals surface area contributed by atoms with Gasteiger partial charge in [0.1, 0.15) is 6.16 Å². The molecular formula is C8H18NO3PS. The molecular weight excluding hydrogens is 221 g/mol. The molecule has 0 aromatic rings. The summed E-state index contributed by atoms with van der Waals surface area (Å²) >= 11 is 5.05. The van der Waals surface area contributed by atoms with Crippen LogP contribution in [0.3, 0.4) is 0 Å². The first kappa shape index (κ1) is 14.0. The second-order valence-corrected chi connectivity index (χ2v) is 5.42. The lowest BCUT2D eigenvalue weighted by Crippen LogP contribution is -2.24. The lowest BCUT2D eigenvalue weighted by molar-refractivity contribution is 0.223. The van der Waals surface area contributed by atoms with Gasteiger partial charge in [0.05, 0.1) is 18.2 Å². The Kier molecular flexibility index (Phi) is 6.53. The van der Waals surface area contributed by atoms with Gasteiger partial charge >= 0.3 is 7.60 Å². The molecule has 84 valence electrons. The zero-order chi connectivity index (χ0) is 11.2. The average molecular weight is 239 g/mol. The molecule has 0 fully saturated rings. The van der Waals surface area contributed by atoms with E-state index in [1.807, 2.05) is 14.1 Å².